The van der Waals surface area contributed by atoms with Crippen LogP contribution in [-0.2, 0) is 16.1 Å². The van der Waals surface area contributed by atoms with E-state index in [0.29, 0.717) is 31.7 Å². The maximum atomic E-state index is 11.9. The minimum Gasteiger partial charge on any atom is -0.396 e. The Morgan fingerprint density at radius 2 is 2.35 bits per heavy atom. The molecule has 0 unspecified atom stereocenters. The first kappa shape index (κ1) is 11.4. The number of nitrogens with one attached hydrogen (secondary N) is 1. The van der Waals surface area contributed by atoms with E-state index in [1.807, 2.05) is 0 Å². The van der Waals surface area contributed by atoms with Crippen molar-refractivity contribution in [3.05, 3.63) is 12.4 Å². The van der Waals surface area contributed by atoms with Crippen LogP contribution in [0.3, 0.4) is 0 Å². The van der Waals surface area contributed by atoms with E-state index in [1.165, 1.54) is 10.9 Å². The quantitative estimate of drug-likeness (QED) is 0.676. The molecule has 7 heteroatoms. The molecule has 1 aliphatic rings. The third-order valence-corrected chi connectivity index (χ3v) is 2.62. The predicted molar refractivity (Wildman–Crippen MR) is 60.8 cm³/mol. The number of rotatable bonds is 2. The van der Waals surface area contributed by atoms with E-state index < -0.39 is 0 Å². The molecule has 0 spiro atoms. The molecular formula is C10H15N5O2. The van der Waals surface area contributed by atoms with Crippen LogP contribution in [0, 0.1) is 0 Å². The number of nitrogens with zero attached hydrogens (tertiary/aromatic N) is 3. The summed E-state index contributed by atoms with van der Waals surface area (Å²) in [6, 6.07) is 0. The molecule has 2 rings (SSSR count). The van der Waals surface area contributed by atoms with Gasteiger partial charge in [-0.25, -0.2) is 0 Å². The van der Waals surface area contributed by atoms with Gasteiger partial charge in [-0.3, -0.25) is 14.3 Å². The van der Waals surface area contributed by atoms with Crippen LogP contribution in [0.25, 0.3) is 0 Å². The number of nitrogens with two attached hydrogens (primary N) is 1. The van der Waals surface area contributed by atoms with E-state index >= 15 is 0 Å². The molecule has 1 fully saturated rings. The van der Waals surface area contributed by atoms with Crippen molar-refractivity contribution in [1.82, 2.24) is 20.0 Å². The largest absolute Gasteiger partial charge is 0.396 e. The van der Waals surface area contributed by atoms with Crippen molar-refractivity contribution in [1.29, 1.82) is 0 Å². The molecule has 92 valence electrons. The first-order chi connectivity index (χ1) is 8.15. The van der Waals surface area contributed by atoms with Crippen LogP contribution in [0.2, 0.25) is 0 Å². The molecule has 0 aromatic carbocycles. The van der Waals surface area contributed by atoms with Crippen LogP contribution in [0.4, 0.5) is 5.69 Å². The van der Waals surface area contributed by atoms with Crippen LogP contribution in [0.1, 0.15) is 6.42 Å². The Morgan fingerprint density at radius 1 is 1.53 bits per heavy atom. The molecule has 0 atom stereocenters. The zero-order chi connectivity index (χ0) is 12.3. The molecule has 1 aliphatic heterocycles. The minimum atomic E-state index is -0.0513. The maximum absolute atomic E-state index is 11.9. The highest BCUT2D eigenvalue weighted by atomic mass is 16.2. The molecule has 1 aromatic heterocycles. The Labute approximate surface area is 98.6 Å². The fraction of sp³-hybridized carbons (Fsp3) is 0.500. The standard InChI is InChI=1S/C10H15N5O2/c11-8-5-13-15(6-8)7-10(17)14-3-1-9(16)12-2-4-14/h5-6H,1-4,7,11H2,(H,12,16). The lowest BCUT2D eigenvalue weighted by Gasteiger charge is -2.19. The Morgan fingerprint density at radius 3 is 3.06 bits per heavy atom. The topological polar surface area (TPSA) is 93.2 Å². The van der Waals surface area contributed by atoms with Gasteiger partial charge in [-0.2, -0.15) is 5.10 Å². The summed E-state index contributed by atoms with van der Waals surface area (Å²) in [6.07, 6.45) is 3.47. The second-order valence-corrected chi connectivity index (χ2v) is 3.95. The van der Waals surface area contributed by atoms with Crippen molar-refractivity contribution < 1.29 is 9.59 Å². The van der Waals surface area contributed by atoms with E-state index in [1.54, 1.807) is 11.1 Å². The van der Waals surface area contributed by atoms with E-state index in [-0.39, 0.29) is 18.4 Å². The molecular weight excluding hydrogens is 222 g/mol. The van der Waals surface area contributed by atoms with Crippen molar-refractivity contribution in [2.45, 2.75) is 13.0 Å². The lowest BCUT2D eigenvalue weighted by Crippen LogP contribution is -2.36. The maximum Gasteiger partial charge on any atom is 0.244 e. The number of amides is 2. The average Bonchev–Trinajstić information content (AvgIpc) is 2.56. The van der Waals surface area contributed by atoms with Crippen molar-refractivity contribution >= 4 is 17.5 Å². The zero-order valence-corrected chi connectivity index (χ0v) is 9.43. The van der Waals surface area contributed by atoms with E-state index in [4.69, 9.17) is 5.73 Å². The van der Waals surface area contributed by atoms with E-state index in [2.05, 4.69) is 10.4 Å². The Bertz CT molecular complexity index is 428. The number of hydrogen-bond donors (Lipinski definition) is 2. The summed E-state index contributed by atoms with van der Waals surface area (Å²) in [5.74, 6) is -0.0618. The average molecular weight is 237 g/mol. The van der Waals surface area contributed by atoms with Gasteiger partial charge in [0.25, 0.3) is 0 Å². The van der Waals surface area contributed by atoms with Gasteiger partial charge in [0.1, 0.15) is 6.54 Å². The highest BCUT2D eigenvalue weighted by Crippen LogP contribution is 2.02. The summed E-state index contributed by atoms with van der Waals surface area (Å²) >= 11 is 0. The number of aromatic nitrogens is 2. The van der Waals surface area contributed by atoms with Gasteiger partial charge in [0, 0.05) is 32.3 Å². The van der Waals surface area contributed by atoms with Crippen molar-refractivity contribution in [3.8, 4) is 0 Å². The molecule has 0 bridgehead atoms. The van der Waals surface area contributed by atoms with Gasteiger partial charge in [0.05, 0.1) is 11.9 Å². The summed E-state index contributed by atoms with van der Waals surface area (Å²) in [5, 5.41) is 6.67. The Hall–Kier alpha value is -2.05. The number of nitrogen functional groups attached to an aromatic ring is 1. The summed E-state index contributed by atoms with van der Waals surface area (Å²) in [4.78, 5) is 24.7. The van der Waals surface area contributed by atoms with Gasteiger partial charge >= 0.3 is 0 Å². The van der Waals surface area contributed by atoms with Crippen LogP contribution in [0.15, 0.2) is 12.4 Å². The van der Waals surface area contributed by atoms with E-state index in [0.717, 1.165) is 0 Å². The molecule has 1 aromatic rings. The molecule has 1 saturated heterocycles. The van der Waals surface area contributed by atoms with E-state index in [9.17, 15) is 9.59 Å². The summed E-state index contributed by atoms with van der Waals surface area (Å²) in [5.41, 5.74) is 6.05. The van der Waals surface area contributed by atoms with Crippen LogP contribution in [-0.4, -0.2) is 46.1 Å². The van der Waals surface area contributed by atoms with Crippen molar-refractivity contribution in [2.24, 2.45) is 0 Å². The highest BCUT2D eigenvalue weighted by Gasteiger charge is 2.18. The number of hydrogen-bond acceptors (Lipinski definition) is 4. The molecule has 2 heterocycles. The second kappa shape index (κ2) is 4.86. The minimum absolute atomic E-state index is 0.0105. The fourth-order valence-electron chi connectivity index (χ4n) is 1.72. The third kappa shape index (κ3) is 2.96. The highest BCUT2D eigenvalue weighted by molar-refractivity contribution is 5.80. The predicted octanol–water partition coefficient (Wildman–Crippen LogP) is -1.19. The van der Waals surface area contributed by atoms with Gasteiger partial charge in [-0.15, -0.1) is 0 Å². The number of anilines is 1. The smallest absolute Gasteiger partial charge is 0.244 e. The van der Waals surface area contributed by atoms with Crippen molar-refractivity contribution in [3.63, 3.8) is 0 Å². The molecule has 7 nitrogen and oxygen atoms in total. The van der Waals surface area contributed by atoms with Crippen LogP contribution >= 0.6 is 0 Å². The molecule has 0 radical (unpaired) electrons. The first-order valence-electron chi connectivity index (χ1n) is 5.47. The first-order valence-corrected chi connectivity index (χ1v) is 5.47. The summed E-state index contributed by atoms with van der Waals surface area (Å²) in [6.45, 7) is 1.67. The summed E-state index contributed by atoms with van der Waals surface area (Å²) < 4.78 is 1.50. The zero-order valence-electron chi connectivity index (χ0n) is 9.43. The van der Waals surface area contributed by atoms with Gasteiger partial charge < -0.3 is 16.0 Å². The van der Waals surface area contributed by atoms with Gasteiger partial charge in [0.2, 0.25) is 11.8 Å². The molecule has 2 amide bonds. The lowest BCUT2D eigenvalue weighted by atomic mass is 10.3. The molecule has 17 heavy (non-hydrogen) atoms. The Kier molecular flexibility index (Phi) is 3.27. The second-order valence-electron chi connectivity index (χ2n) is 3.95. The fourth-order valence-corrected chi connectivity index (χ4v) is 1.72. The van der Waals surface area contributed by atoms with Crippen LogP contribution < -0.4 is 11.1 Å². The Balaban J connectivity index is 1.93. The normalized spacial score (nSPS) is 16.5. The molecule has 0 saturated carbocycles. The monoisotopic (exact) mass is 237 g/mol. The van der Waals surface area contributed by atoms with Crippen LogP contribution in [0.5, 0.6) is 0 Å². The SMILES string of the molecule is Nc1cnn(CC(=O)N2CCNC(=O)CC2)c1. The molecule has 0 aliphatic carbocycles. The lowest BCUT2D eigenvalue weighted by molar-refractivity contribution is -0.131. The summed E-state index contributed by atoms with van der Waals surface area (Å²) in [7, 11) is 0. The van der Waals surface area contributed by atoms with Gasteiger partial charge in [-0.05, 0) is 0 Å². The van der Waals surface area contributed by atoms with Gasteiger partial charge in [0.15, 0.2) is 0 Å². The van der Waals surface area contributed by atoms with Crippen molar-refractivity contribution in [2.75, 3.05) is 25.4 Å². The third-order valence-electron chi connectivity index (χ3n) is 2.62. The molecule has 3 N–H and O–H groups in total. The van der Waals surface area contributed by atoms with Gasteiger partial charge in [-0.1, -0.05) is 0 Å². The number of carbonyl (C=O) groups excluding carboxylic acids is 2. The number of carbonyl (C=O) groups is 2.